The molecule has 0 aromatic heterocycles. The highest BCUT2D eigenvalue weighted by molar-refractivity contribution is 5.76. The number of carbonyl (C=O) groups excluding carboxylic acids is 1. The Morgan fingerprint density at radius 1 is 1.00 bits per heavy atom. The molecular weight excluding hydrogens is 440 g/mol. The number of nitrogens with zero attached hydrogens (tertiary/aromatic N) is 3. The Hall–Kier alpha value is -3.09. The van der Waals surface area contributed by atoms with Crippen LogP contribution >= 0.6 is 0 Å². The van der Waals surface area contributed by atoms with Gasteiger partial charge in [-0.1, -0.05) is 17.7 Å². The summed E-state index contributed by atoms with van der Waals surface area (Å²) >= 11 is 0. The molecule has 0 spiro atoms. The molecule has 1 N–H and O–H groups in total. The molecular formula is C28H38N4O3. The zero-order valence-corrected chi connectivity index (χ0v) is 21.0. The van der Waals surface area contributed by atoms with Gasteiger partial charge in [0, 0.05) is 61.6 Å². The minimum Gasteiger partial charge on any atom is -0.382 e. The van der Waals surface area contributed by atoms with E-state index in [0.717, 1.165) is 63.5 Å². The van der Waals surface area contributed by atoms with Crippen molar-refractivity contribution in [2.75, 3.05) is 36.4 Å². The van der Waals surface area contributed by atoms with Gasteiger partial charge >= 0.3 is 0 Å². The van der Waals surface area contributed by atoms with E-state index in [1.807, 2.05) is 11.0 Å². The summed E-state index contributed by atoms with van der Waals surface area (Å²) < 4.78 is 0. The van der Waals surface area contributed by atoms with Gasteiger partial charge in [-0.3, -0.25) is 14.9 Å². The summed E-state index contributed by atoms with van der Waals surface area (Å²) in [6.45, 7) is 7.65. The number of rotatable bonds is 8. The van der Waals surface area contributed by atoms with Crippen LogP contribution < -0.4 is 10.2 Å². The molecule has 4 rings (SSSR count). The van der Waals surface area contributed by atoms with Crippen molar-refractivity contribution in [2.24, 2.45) is 5.92 Å². The highest BCUT2D eigenvalue weighted by atomic mass is 16.6. The first-order valence-electron chi connectivity index (χ1n) is 13.0. The molecule has 188 valence electrons. The summed E-state index contributed by atoms with van der Waals surface area (Å²) in [5.41, 5.74) is 4.34. The fourth-order valence-electron chi connectivity index (χ4n) is 5.39. The van der Waals surface area contributed by atoms with Crippen LogP contribution in [0.2, 0.25) is 0 Å². The van der Waals surface area contributed by atoms with E-state index in [4.69, 9.17) is 0 Å². The molecule has 0 unspecified atom stereocenters. The first-order valence-corrected chi connectivity index (χ1v) is 13.0. The maximum atomic E-state index is 12.7. The van der Waals surface area contributed by atoms with Crippen molar-refractivity contribution in [1.82, 2.24) is 4.90 Å². The first kappa shape index (κ1) is 25.0. The van der Waals surface area contributed by atoms with Crippen LogP contribution in [0.15, 0.2) is 42.5 Å². The van der Waals surface area contributed by atoms with Crippen molar-refractivity contribution >= 4 is 23.0 Å². The highest BCUT2D eigenvalue weighted by Crippen LogP contribution is 2.27. The van der Waals surface area contributed by atoms with E-state index in [0.29, 0.717) is 18.0 Å². The molecule has 7 heteroatoms. The predicted molar refractivity (Wildman–Crippen MR) is 141 cm³/mol. The van der Waals surface area contributed by atoms with Crippen molar-refractivity contribution in [1.29, 1.82) is 0 Å². The first-order chi connectivity index (χ1) is 16.9. The van der Waals surface area contributed by atoms with Crippen molar-refractivity contribution in [3.8, 4) is 0 Å². The van der Waals surface area contributed by atoms with E-state index in [-0.39, 0.29) is 16.5 Å². The number of amides is 1. The standard InChI is InChI=1S/C28H38N4O3/c1-21-6-9-26(10-7-21)30-16-12-23(13-17-30)4-3-5-28(33)31-18-14-24(15-19-31)29-25-8-11-27(32(34)35)22(2)20-25/h6-11,20,23-24,29H,3-5,12-19H2,1-2H3. The lowest BCUT2D eigenvalue weighted by Crippen LogP contribution is -2.42. The van der Waals surface area contributed by atoms with Crippen LogP contribution in [0, 0.1) is 29.9 Å². The molecule has 35 heavy (non-hydrogen) atoms. The fraction of sp³-hybridized carbons (Fsp3) is 0.536. The summed E-state index contributed by atoms with van der Waals surface area (Å²) in [5, 5.41) is 14.5. The molecule has 0 aliphatic carbocycles. The number of likely N-dealkylation sites (tertiary alicyclic amines) is 1. The molecule has 2 aliphatic heterocycles. The molecule has 0 bridgehead atoms. The SMILES string of the molecule is Cc1ccc(N2CCC(CCCC(=O)N3CCC(Nc4ccc([N+](=O)[O-])c(C)c4)CC3)CC2)cc1. The molecule has 7 nitrogen and oxygen atoms in total. The van der Waals surface area contributed by atoms with Gasteiger partial charge in [0.05, 0.1) is 4.92 Å². The average Bonchev–Trinajstić information content (AvgIpc) is 2.85. The van der Waals surface area contributed by atoms with Crippen LogP contribution in [0.3, 0.4) is 0 Å². The fourth-order valence-corrected chi connectivity index (χ4v) is 5.39. The number of hydrogen-bond acceptors (Lipinski definition) is 5. The molecule has 0 radical (unpaired) electrons. The second-order valence-electron chi connectivity index (χ2n) is 10.2. The predicted octanol–water partition coefficient (Wildman–Crippen LogP) is 5.70. The van der Waals surface area contributed by atoms with Crippen molar-refractivity contribution in [3.63, 3.8) is 0 Å². The summed E-state index contributed by atoms with van der Waals surface area (Å²) in [7, 11) is 0. The Morgan fingerprint density at radius 2 is 1.69 bits per heavy atom. The summed E-state index contributed by atoms with van der Waals surface area (Å²) in [5.74, 6) is 1.01. The maximum Gasteiger partial charge on any atom is 0.272 e. The average molecular weight is 479 g/mol. The number of aryl methyl sites for hydroxylation is 2. The molecule has 0 atom stereocenters. The monoisotopic (exact) mass is 478 g/mol. The van der Waals surface area contributed by atoms with Gasteiger partial charge in [0.2, 0.25) is 5.91 Å². The lowest BCUT2D eigenvalue weighted by Gasteiger charge is -2.34. The number of nitro groups is 1. The van der Waals surface area contributed by atoms with Crippen LogP contribution in [0.4, 0.5) is 17.1 Å². The van der Waals surface area contributed by atoms with Gasteiger partial charge in [0.1, 0.15) is 0 Å². The zero-order valence-electron chi connectivity index (χ0n) is 21.0. The second kappa shape index (κ2) is 11.6. The van der Waals surface area contributed by atoms with E-state index >= 15 is 0 Å². The number of carbonyl (C=O) groups is 1. The van der Waals surface area contributed by atoms with Crippen LogP contribution in [-0.4, -0.2) is 48.0 Å². The lowest BCUT2D eigenvalue weighted by atomic mass is 9.91. The van der Waals surface area contributed by atoms with Crippen LogP contribution in [-0.2, 0) is 4.79 Å². The van der Waals surface area contributed by atoms with Crippen molar-refractivity contribution in [2.45, 2.75) is 64.8 Å². The Bertz CT molecular complexity index is 1010. The van der Waals surface area contributed by atoms with E-state index in [9.17, 15) is 14.9 Å². The second-order valence-corrected chi connectivity index (χ2v) is 10.2. The molecule has 2 saturated heterocycles. The van der Waals surface area contributed by atoms with E-state index in [2.05, 4.69) is 41.4 Å². The maximum absolute atomic E-state index is 12.7. The van der Waals surface area contributed by atoms with Gasteiger partial charge in [-0.05, 0) is 82.6 Å². The Morgan fingerprint density at radius 3 is 2.31 bits per heavy atom. The Balaban J connectivity index is 1.13. The Kier molecular flexibility index (Phi) is 8.26. The third-order valence-electron chi connectivity index (χ3n) is 7.63. The number of benzene rings is 2. The van der Waals surface area contributed by atoms with E-state index in [1.54, 1.807) is 19.1 Å². The zero-order chi connectivity index (χ0) is 24.8. The van der Waals surface area contributed by atoms with E-state index < -0.39 is 0 Å². The highest BCUT2D eigenvalue weighted by Gasteiger charge is 2.24. The summed E-state index contributed by atoms with van der Waals surface area (Å²) in [6, 6.07) is 14.3. The lowest BCUT2D eigenvalue weighted by molar-refractivity contribution is -0.385. The van der Waals surface area contributed by atoms with Crippen LogP contribution in [0.1, 0.15) is 56.1 Å². The van der Waals surface area contributed by atoms with Gasteiger partial charge in [-0.2, -0.15) is 0 Å². The number of anilines is 2. The number of hydrogen-bond donors (Lipinski definition) is 1. The smallest absolute Gasteiger partial charge is 0.272 e. The van der Waals surface area contributed by atoms with Crippen molar-refractivity contribution < 1.29 is 9.72 Å². The van der Waals surface area contributed by atoms with Crippen molar-refractivity contribution in [3.05, 3.63) is 63.7 Å². The molecule has 2 aromatic carbocycles. The summed E-state index contributed by atoms with van der Waals surface area (Å²) in [4.78, 5) is 27.9. The van der Waals surface area contributed by atoms with Gasteiger partial charge < -0.3 is 15.1 Å². The summed E-state index contributed by atoms with van der Waals surface area (Å²) in [6.07, 6.45) is 7.00. The van der Waals surface area contributed by atoms with Gasteiger partial charge in [0.25, 0.3) is 5.69 Å². The normalized spacial score (nSPS) is 17.4. The molecule has 2 aliphatic rings. The largest absolute Gasteiger partial charge is 0.382 e. The molecule has 2 heterocycles. The van der Waals surface area contributed by atoms with Crippen LogP contribution in [0.5, 0.6) is 0 Å². The van der Waals surface area contributed by atoms with E-state index in [1.165, 1.54) is 24.1 Å². The topological polar surface area (TPSA) is 78.7 Å². The van der Waals surface area contributed by atoms with Gasteiger partial charge in [0.15, 0.2) is 0 Å². The molecule has 1 amide bonds. The Labute approximate surface area is 208 Å². The minimum atomic E-state index is -0.350. The minimum absolute atomic E-state index is 0.146. The van der Waals surface area contributed by atoms with Crippen LogP contribution in [0.25, 0.3) is 0 Å². The number of nitro benzene ring substituents is 1. The third-order valence-corrected chi connectivity index (χ3v) is 7.63. The molecule has 2 fully saturated rings. The van der Waals surface area contributed by atoms with Gasteiger partial charge in [-0.15, -0.1) is 0 Å². The molecule has 2 aromatic rings. The number of piperidine rings is 2. The number of nitrogens with one attached hydrogen (secondary N) is 1. The quantitative estimate of drug-likeness (QED) is 0.389. The molecule has 0 saturated carbocycles. The third kappa shape index (κ3) is 6.74. The van der Waals surface area contributed by atoms with Gasteiger partial charge in [-0.25, -0.2) is 0 Å².